The Morgan fingerprint density at radius 1 is 1.53 bits per heavy atom. The Kier molecular flexibility index (Phi) is 2.27. The molecule has 98 valence electrons. The van der Waals surface area contributed by atoms with Crippen molar-refractivity contribution in [3.63, 3.8) is 0 Å². The van der Waals surface area contributed by atoms with E-state index in [2.05, 4.69) is 27.4 Å². The van der Waals surface area contributed by atoms with Gasteiger partial charge in [0.1, 0.15) is 11.2 Å². The Labute approximate surface area is 113 Å². The minimum absolute atomic E-state index is 0.534. The van der Waals surface area contributed by atoms with Crippen molar-refractivity contribution >= 4 is 33.1 Å². The molecular formula is C12H14N6S. The molecule has 3 aromatic heterocycles. The standard InChI is InChI=1S/C12H14N6S/c1-6-2-3-7-8(4-6)19-11-9(7)10-14-5-15-18(10)12(16-11)17-13/h5-6H,2-4,13H2,1H3,(H,16,17)/t6-/m1/s1. The van der Waals surface area contributed by atoms with Crippen LogP contribution in [0.2, 0.25) is 0 Å². The van der Waals surface area contributed by atoms with E-state index < -0.39 is 0 Å². The third kappa shape index (κ3) is 1.48. The fraction of sp³-hybridized carbons (Fsp3) is 0.417. The maximum Gasteiger partial charge on any atom is 0.241 e. The Balaban J connectivity index is 2.11. The Hall–Kier alpha value is -1.73. The molecule has 0 amide bonds. The van der Waals surface area contributed by atoms with Crippen LogP contribution in [0.3, 0.4) is 0 Å². The van der Waals surface area contributed by atoms with Gasteiger partial charge in [-0.25, -0.2) is 15.8 Å². The van der Waals surface area contributed by atoms with Crippen molar-refractivity contribution in [2.45, 2.75) is 26.2 Å². The number of nitrogens with two attached hydrogens (primary N) is 1. The third-order valence-corrected chi connectivity index (χ3v) is 4.95. The summed E-state index contributed by atoms with van der Waals surface area (Å²) in [6.07, 6.45) is 5.03. The third-order valence-electron chi connectivity index (χ3n) is 3.80. The van der Waals surface area contributed by atoms with E-state index in [4.69, 9.17) is 5.84 Å². The van der Waals surface area contributed by atoms with E-state index in [1.54, 1.807) is 22.2 Å². The van der Waals surface area contributed by atoms with E-state index in [9.17, 15) is 0 Å². The number of fused-ring (bicyclic) bond motifs is 5. The molecule has 1 aliphatic carbocycles. The Morgan fingerprint density at radius 2 is 2.42 bits per heavy atom. The second kappa shape index (κ2) is 3.88. The maximum absolute atomic E-state index is 5.51. The van der Waals surface area contributed by atoms with Crippen LogP contribution >= 0.6 is 11.3 Å². The van der Waals surface area contributed by atoms with Gasteiger partial charge < -0.3 is 0 Å². The lowest BCUT2D eigenvalue weighted by Gasteiger charge is -2.17. The van der Waals surface area contributed by atoms with Crippen LogP contribution in [0.15, 0.2) is 6.33 Å². The zero-order chi connectivity index (χ0) is 13.0. The molecule has 3 N–H and O–H groups in total. The van der Waals surface area contributed by atoms with Crippen molar-refractivity contribution in [3.05, 3.63) is 16.8 Å². The topological polar surface area (TPSA) is 81.1 Å². The van der Waals surface area contributed by atoms with E-state index in [1.165, 1.54) is 16.9 Å². The van der Waals surface area contributed by atoms with Crippen molar-refractivity contribution in [2.75, 3.05) is 5.43 Å². The highest BCUT2D eigenvalue weighted by Crippen LogP contribution is 2.39. The van der Waals surface area contributed by atoms with Gasteiger partial charge in [-0.05, 0) is 30.7 Å². The number of anilines is 1. The first-order chi connectivity index (χ1) is 9.28. The lowest BCUT2D eigenvalue weighted by atomic mass is 9.89. The van der Waals surface area contributed by atoms with Crippen molar-refractivity contribution in [2.24, 2.45) is 11.8 Å². The molecule has 0 aliphatic heterocycles. The van der Waals surface area contributed by atoms with Gasteiger partial charge in [-0.1, -0.05) is 6.92 Å². The van der Waals surface area contributed by atoms with Gasteiger partial charge >= 0.3 is 0 Å². The van der Waals surface area contributed by atoms with Gasteiger partial charge in [-0.3, -0.25) is 5.43 Å². The molecule has 19 heavy (non-hydrogen) atoms. The van der Waals surface area contributed by atoms with Crippen molar-refractivity contribution in [3.8, 4) is 0 Å². The van der Waals surface area contributed by atoms with E-state index in [0.717, 1.165) is 34.6 Å². The van der Waals surface area contributed by atoms with E-state index >= 15 is 0 Å². The highest BCUT2D eigenvalue weighted by Gasteiger charge is 2.24. The smallest absolute Gasteiger partial charge is 0.241 e. The first-order valence-electron chi connectivity index (χ1n) is 6.38. The maximum atomic E-state index is 5.51. The average molecular weight is 274 g/mol. The van der Waals surface area contributed by atoms with Crippen molar-refractivity contribution < 1.29 is 0 Å². The predicted octanol–water partition coefficient (Wildman–Crippen LogP) is 1.75. The van der Waals surface area contributed by atoms with Crippen LogP contribution in [-0.4, -0.2) is 19.6 Å². The van der Waals surface area contributed by atoms with Crippen LogP contribution in [-0.2, 0) is 12.8 Å². The number of rotatable bonds is 1. The van der Waals surface area contributed by atoms with Crippen LogP contribution in [0.4, 0.5) is 5.95 Å². The van der Waals surface area contributed by atoms with E-state index in [-0.39, 0.29) is 0 Å². The number of nitrogens with one attached hydrogen (secondary N) is 1. The molecule has 6 nitrogen and oxygen atoms in total. The summed E-state index contributed by atoms with van der Waals surface area (Å²) in [5, 5.41) is 5.34. The molecule has 0 saturated heterocycles. The second-order valence-corrected chi connectivity index (χ2v) is 6.19. The molecule has 3 heterocycles. The van der Waals surface area contributed by atoms with Gasteiger partial charge in [0.15, 0.2) is 5.65 Å². The average Bonchev–Trinajstić information content (AvgIpc) is 2.99. The highest BCUT2D eigenvalue weighted by atomic mass is 32.1. The van der Waals surface area contributed by atoms with Gasteiger partial charge in [-0.2, -0.15) is 9.61 Å². The largest absolute Gasteiger partial charge is 0.292 e. The molecule has 3 aromatic rings. The molecule has 0 radical (unpaired) electrons. The highest BCUT2D eigenvalue weighted by molar-refractivity contribution is 7.19. The zero-order valence-electron chi connectivity index (χ0n) is 10.6. The summed E-state index contributed by atoms with van der Waals surface area (Å²) in [5.41, 5.74) is 4.85. The van der Waals surface area contributed by atoms with Crippen LogP contribution in [0.1, 0.15) is 23.8 Å². The molecule has 1 atom stereocenters. The Morgan fingerprint density at radius 3 is 3.26 bits per heavy atom. The summed E-state index contributed by atoms with van der Waals surface area (Å²) < 4.78 is 1.67. The molecule has 7 heteroatoms. The molecule has 0 aromatic carbocycles. The number of nitrogens with zero attached hydrogens (tertiary/aromatic N) is 4. The minimum atomic E-state index is 0.534. The second-order valence-electron chi connectivity index (χ2n) is 5.11. The summed E-state index contributed by atoms with van der Waals surface area (Å²) in [5.74, 6) is 6.80. The molecule has 0 saturated carbocycles. The quantitative estimate of drug-likeness (QED) is 0.522. The van der Waals surface area contributed by atoms with Gasteiger partial charge in [0, 0.05) is 4.88 Å². The van der Waals surface area contributed by atoms with Gasteiger partial charge in [0.05, 0.1) is 5.39 Å². The number of hydrogen-bond donors (Lipinski definition) is 2. The fourth-order valence-electron chi connectivity index (χ4n) is 2.85. The Bertz CT molecular complexity index is 773. The number of hydrazine groups is 1. The summed E-state index contributed by atoms with van der Waals surface area (Å²) in [6, 6.07) is 0. The zero-order valence-corrected chi connectivity index (χ0v) is 11.4. The molecule has 0 unspecified atom stereocenters. The van der Waals surface area contributed by atoms with Gasteiger partial charge in [-0.15, -0.1) is 11.3 Å². The molecule has 0 fully saturated rings. The SMILES string of the molecule is C[C@@H]1CCc2c(sc3nc(NN)n4ncnc4c23)C1. The minimum Gasteiger partial charge on any atom is -0.292 e. The van der Waals surface area contributed by atoms with Crippen molar-refractivity contribution in [1.29, 1.82) is 0 Å². The predicted molar refractivity (Wildman–Crippen MR) is 75.2 cm³/mol. The summed E-state index contributed by atoms with van der Waals surface area (Å²) in [6.45, 7) is 2.31. The van der Waals surface area contributed by atoms with Crippen LogP contribution in [0.25, 0.3) is 15.9 Å². The lowest BCUT2D eigenvalue weighted by molar-refractivity contribution is 0.509. The lowest BCUT2D eigenvalue weighted by Crippen LogP contribution is -2.13. The molecule has 0 spiro atoms. The molecule has 0 bridgehead atoms. The fourth-order valence-corrected chi connectivity index (χ4v) is 4.23. The molecule has 4 rings (SSSR count). The number of hydrogen-bond acceptors (Lipinski definition) is 6. The van der Waals surface area contributed by atoms with Gasteiger partial charge in [0.25, 0.3) is 0 Å². The summed E-state index contributed by atoms with van der Waals surface area (Å²) >= 11 is 1.76. The summed E-state index contributed by atoms with van der Waals surface area (Å²) in [4.78, 5) is 11.4. The number of aryl methyl sites for hydroxylation is 1. The number of thiophene rings is 1. The molecular weight excluding hydrogens is 260 g/mol. The van der Waals surface area contributed by atoms with Crippen LogP contribution < -0.4 is 11.3 Å². The first kappa shape index (κ1) is 11.1. The first-order valence-corrected chi connectivity index (χ1v) is 7.20. The number of nitrogen functional groups attached to an aromatic ring is 1. The van der Waals surface area contributed by atoms with Crippen LogP contribution in [0.5, 0.6) is 0 Å². The monoisotopic (exact) mass is 274 g/mol. The van der Waals surface area contributed by atoms with Gasteiger partial charge in [0.2, 0.25) is 5.95 Å². The van der Waals surface area contributed by atoms with E-state index in [0.29, 0.717) is 5.95 Å². The van der Waals surface area contributed by atoms with E-state index in [1.807, 2.05) is 0 Å². The normalized spacial score (nSPS) is 18.9. The number of aromatic nitrogens is 4. The van der Waals surface area contributed by atoms with Crippen LogP contribution in [0, 0.1) is 5.92 Å². The van der Waals surface area contributed by atoms with Crippen molar-refractivity contribution in [1.82, 2.24) is 19.6 Å². The molecule has 1 aliphatic rings. The summed E-state index contributed by atoms with van der Waals surface area (Å²) in [7, 11) is 0.